The molecule has 0 N–H and O–H groups in total. The smallest absolute Gasteiger partial charge is 0.313 e. The molecule has 0 spiro atoms. The van der Waals surface area contributed by atoms with Crippen LogP contribution in [0.4, 0.5) is 0 Å². The molecule has 2 aromatic rings. The lowest BCUT2D eigenvalue weighted by atomic mass is 9.92. The van der Waals surface area contributed by atoms with E-state index in [-0.39, 0.29) is 11.9 Å². The summed E-state index contributed by atoms with van der Waals surface area (Å²) >= 11 is 6.15. The minimum atomic E-state index is -0.328. The van der Waals surface area contributed by atoms with Gasteiger partial charge in [0.1, 0.15) is 0 Å². The first-order chi connectivity index (χ1) is 9.22. The van der Waals surface area contributed by atoms with Gasteiger partial charge in [-0.25, -0.2) is 0 Å². The molecule has 0 aromatic heterocycles. The average molecular weight is 275 g/mol. The van der Waals surface area contributed by atoms with Gasteiger partial charge in [-0.3, -0.25) is 4.79 Å². The lowest BCUT2D eigenvalue weighted by Crippen LogP contribution is -2.17. The molecule has 0 unspecified atom stereocenters. The summed E-state index contributed by atoms with van der Waals surface area (Å²) in [5.41, 5.74) is 1.89. The third-order valence-electron chi connectivity index (χ3n) is 3.07. The van der Waals surface area contributed by atoms with Gasteiger partial charge < -0.3 is 4.74 Å². The molecule has 0 bridgehead atoms. The Morgan fingerprint density at radius 1 is 1.11 bits per heavy atom. The second kappa shape index (κ2) is 6.39. The van der Waals surface area contributed by atoms with Crippen molar-refractivity contribution >= 4 is 17.6 Å². The lowest BCUT2D eigenvalue weighted by Gasteiger charge is -2.15. The Labute approximate surface area is 118 Å². The van der Waals surface area contributed by atoms with E-state index in [2.05, 4.69) is 0 Å². The van der Waals surface area contributed by atoms with Crippen LogP contribution >= 0.6 is 11.6 Å². The monoisotopic (exact) mass is 274 g/mol. The molecule has 98 valence electrons. The van der Waals surface area contributed by atoms with Crippen molar-refractivity contribution in [3.05, 3.63) is 70.7 Å². The first kappa shape index (κ1) is 13.6. The Kier molecular flexibility index (Phi) is 4.58. The number of rotatable bonds is 4. The first-order valence-corrected chi connectivity index (χ1v) is 6.46. The highest BCUT2D eigenvalue weighted by molar-refractivity contribution is 6.31. The first-order valence-electron chi connectivity index (χ1n) is 6.08. The van der Waals surface area contributed by atoms with E-state index in [0.717, 1.165) is 11.1 Å². The normalized spacial score (nSPS) is 11.9. The van der Waals surface area contributed by atoms with Crippen molar-refractivity contribution in [2.75, 3.05) is 7.11 Å². The zero-order chi connectivity index (χ0) is 13.7. The van der Waals surface area contributed by atoms with Gasteiger partial charge in [0, 0.05) is 5.02 Å². The zero-order valence-electron chi connectivity index (χ0n) is 10.7. The number of hydrogen-bond donors (Lipinski definition) is 0. The zero-order valence-corrected chi connectivity index (χ0v) is 11.4. The van der Waals surface area contributed by atoms with Crippen LogP contribution in [0.3, 0.4) is 0 Å². The van der Waals surface area contributed by atoms with Gasteiger partial charge in [-0.2, -0.15) is 0 Å². The van der Waals surface area contributed by atoms with E-state index in [0.29, 0.717) is 11.4 Å². The van der Waals surface area contributed by atoms with Gasteiger partial charge in [0.25, 0.3) is 0 Å². The molecule has 0 aliphatic carbocycles. The van der Waals surface area contributed by atoms with Gasteiger partial charge in [0.15, 0.2) is 0 Å². The van der Waals surface area contributed by atoms with Crippen LogP contribution in [-0.4, -0.2) is 13.1 Å². The molecule has 0 amide bonds. The van der Waals surface area contributed by atoms with Gasteiger partial charge in [-0.15, -0.1) is 0 Å². The maximum absolute atomic E-state index is 12.0. The van der Waals surface area contributed by atoms with Crippen LogP contribution in [0, 0.1) is 0 Å². The molecule has 0 aliphatic rings. The average Bonchev–Trinajstić information content (AvgIpc) is 2.46. The van der Waals surface area contributed by atoms with Crippen molar-refractivity contribution in [2.24, 2.45) is 0 Å². The second-order valence-corrected chi connectivity index (χ2v) is 4.69. The van der Waals surface area contributed by atoms with Crippen molar-refractivity contribution in [1.82, 2.24) is 0 Å². The number of benzene rings is 2. The summed E-state index contributed by atoms with van der Waals surface area (Å²) in [5.74, 6) is -0.572. The number of hydrogen-bond acceptors (Lipinski definition) is 2. The van der Waals surface area contributed by atoms with Gasteiger partial charge >= 0.3 is 5.97 Å². The van der Waals surface area contributed by atoms with Gasteiger partial charge in [0.2, 0.25) is 0 Å². The number of halogens is 1. The molecule has 2 nitrogen and oxygen atoms in total. The number of carbonyl (C=O) groups excluding carboxylic acids is 1. The molecule has 1 atom stereocenters. The van der Waals surface area contributed by atoms with Gasteiger partial charge in [-0.1, -0.05) is 60.1 Å². The second-order valence-electron chi connectivity index (χ2n) is 4.28. The fourth-order valence-corrected chi connectivity index (χ4v) is 2.26. The predicted molar refractivity (Wildman–Crippen MR) is 76.4 cm³/mol. The summed E-state index contributed by atoms with van der Waals surface area (Å²) in [7, 11) is 1.41. The van der Waals surface area contributed by atoms with E-state index in [9.17, 15) is 4.79 Å². The van der Waals surface area contributed by atoms with Crippen molar-refractivity contribution in [1.29, 1.82) is 0 Å². The summed E-state index contributed by atoms with van der Waals surface area (Å²) < 4.78 is 4.90. The summed E-state index contributed by atoms with van der Waals surface area (Å²) in [4.78, 5) is 12.0. The lowest BCUT2D eigenvalue weighted by molar-refractivity contribution is -0.142. The summed E-state index contributed by atoms with van der Waals surface area (Å²) in [6.07, 6.45) is 0.538. The van der Waals surface area contributed by atoms with Crippen LogP contribution in [-0.2, 0) is 16.0 Å². The summed E-state index contributed by atoms with van der Waals surface area (Å²) in [6, 6.07) is 17.2. The van der Waals surface area contributed by atoms with E-state index in [1.807, 2.05) is 54.6 Å². The van der Waals surface area contributed by atoms with E-state index >= 15 is 0 Å². The molecule has 0 saturated carbocycles. The quantitative estimate of drug-likeness (QED) is 0.792. The maximum atomic E-state index is 12.0. The van der Waals surface area contributed by atoms with Crippen LogP contribution in [0.1, 0.15) is 17.0 Å². The van der Waals surface area contributed by atoms with Crippen LogP contribution in [0.25, 0.3) is 0 Å². The summed E-state index contributed by atoms with van der Waals surface area (Å²) in [6.45, 7) is 0. The molecule has 2 aromatic carbocycles. The predicted octanol–water partition coefficient (Wildman–Crippen LogP) is 3.84. The van der Waals surface area contributed by atoms with E-state index in [4.69, 9.17) is 16.3 Å². The van der Waals surface area contributed by atoms with Crippen LogP contribution in [0.5, 0.6) is 0 Å². The fourth-order valence-electron chi connectivity index (χ4n) is 2.05. The largest absolute Gasteiger partial charge is 0.469 e. The molecular formula is C16H15ClO2. The Hall–Kier alpha value is -1.80. The number of ether oxygens (including phenoxy) is 1. The highest BCUT2D eigenvalue weighted by Crippen LogP contribution is 2.26. The standard InChI is InChI=1S/C16H15ClO2/c1-19-16(18)14(12-7-3-2-4-8-12)11-13-9-5-6-10-15(13)17/h2-10,14H,11H2,1H3/t14-/m1/s1. The molecule has 0 radical (unpaired) electrons. The van der Waals surface area contributed by atoms with Crippen molar-refractivity contribution in [3.63, 3.8) is 0 Å². The molecule has 19 heavy (non-hydrogen) atoms. The van der Waals surface area contributed by atoms with E-state index < -0.39 is 0 Å². The Morgan fingerprint density at radius 2 is 1.74 bits per heavy atom. The van der Waals surface area contributed by atoms with Gasteiger partial charge in [0.05, 0.1) is 13.0 Å². The molecule has 0 saturated heterocycles. The molecule has 0 fully saturated rings. The SMILES string of the molecule is COC(=O)[C@H](Cc1ccccc1Cl)c1ccccc1. The fraction of sp³-hybridized carbons (Fsp3) is 0.188. The molecule has 0 heterocycles. The molecule has 2 rings (SSSR count). The minimum absolute atomic E-state index is 0.244. The Bertz CT molecular complexity index is 552. The molecule has 3 heteroatoms. The van der Waals surface area contributed by atoms with Crippen molar-refractivity contribution in [2.45, 2.75) is 12.3 Å². The highest BCUT2D eigenvalue weighted by Gasteiger charge is 2.22. The number of esters is 1. The van der Waals surface area contributed by atoms with Crippen LogP contribution < -0.4 is 0 Å². The number of methoxy groups -OCH3 is 1. The van der Waals surface area contributed by atoms with Crippen LogP contribution in [0.2, 0.25) is 5.02 Å². The van der Waals surface area contributed by atoms with Crippen molar-refractivity contribution in [3.8, 4) is 0 Å². The Balaban J connectivity index is 2.30. The third-order valence-corrected chi connectivity index (χ3v) is 3.44. The molecular weight excluding hydrogens is 260 g/mol. The van der Waals surface area contributed by atoms with Crippen molar-refractivity contribution < 1.29 is 9.53 Å². The topological polar surface area (TPSA) is 26.3 Å². The summed E-state index contributed by atoms with van der Waals surface area (Å²) in [5, 5.41) is 0.673. The van der Waals surface area contributed by atoms with Gasteiger partial charge in [-0.05, 0) is 23.6 Å². The van der Waals surface area contributed by atoms with Crippen LogP contribution in [0.15, 0.2) is 54.6 Å². The number of carbonyl (C=O) groups is 1. The highest BCUT2D eigenvalue weighted by atomic mass is 35.5. The van der Waals surface area contributed by atoms with E-state index in [1.165, 1.54) is 7.11 Å². The minimum Gasteiger partial charge on any atom is -0.469 e. The molecule has 0 aliphatic heterocycles. The third kappa shape index (κ3) is 3.36. The van der Waals surface area contributed by atoms with E-state index in [1.54, 1.807) is 0 Å². The maximum Gasteiger partial charge on any atom is 0.313 e. The Morgan fingerprint density at radius 3 is 2.37 bits per heavy atom.